The van der Waals surface area contributed by atoms with E-state index in [-0.39, 0.29) is 17.6 Å². The van der Waals surface area contributed by atoms with Gasteiger partial charge < -0.3 is 14.7 Å². The number of hydrogen-bond donors (Lipinski definition) is 1. The van der Waals surface area contributed by atoms with Gasteiger partial charge in [-0.15, -0.1) is 0 Å². The Labute approximate surface area is 152 Å². The van der Waals surface area contributed by atoms with Gasteiger partial charge in [0.25, 0.3) is 5.91 Å². The van der Waals surface area contributed by atoms with E-state index in [1.807, 2.05) is 18.2 Å². The number of aromatic nitrogens is 1. The number of ether oxygens (including phenoxy) is 1. The van der Waals surface area contributed by atoms with Gasteiger partial charge >= 0.3 is 0 Å². The van der Waals surface area contributed by atoms with Crippen LogP contribution in [0, 0.1) is 11.3 Å². The standard InChI is InChI=1S/C20H21N3O3/c1-20(25,15-5-7-16(26-2)8-6-15)18-4-3-11-23(18)19(24)17-12-14(13-21)9-10-22-17/h5-10,12,18,25H,3-4,11H2,1-2H3/t18-,20+/m1/s1. The van der Waals surface area contributed by atoms with E-state index in [0.29, 0.717) is 24.3 Å². The lowest BCUT2D eigenvalue weighted by molar-refractivity contribution is -0.0179. The Bertz CT molecular complexity index is 840. The Morgan fingerprint density at radius 2 is 2.12 bits per heavy atom. The number of pyridine rings is 1. The van der Waals surface area contributed by atoms with Crippen LogP contribution in [0.5, 0.6) is 5.75 Å². The minimum atomic E-state index is -1.20. The van der Waals surface area contributed by atoms with Crippen molar-refractivity contribution < 1.29 is 14.6 Å². The lowest BCUT2D eigenvalue weighted by atomic mass is 9.86. The monoisotopic (exact) mass is 351 g/mol. The van der Waals surface area contributed by atoms with Crippen LogP contribution in [0.25, 0.3) is 0 Å². The first-order valence-electron chi connectivity index (χ1n) is 8.51. The molecule has 134 valence electrons. The second kappa shape index (κ2) is 7.14. The molecule has 1 N–H and O–H groups in total. The van der Waals surface area contributed by atoms with Crippen molar-refractivity contribution in [2.75, 3.05) is 13.7 Å². The van der Waals surface area contributed by atoms with Crippen LogP contribution in [0.15, 0.2) is 42.6 Å². The summed E-state index contributed by atoms with van der Waals surface area (Å²) in [5.41, 5.74) is 0.134. The van der Waals surface area contributed by atoms with Gasteiger partial charge in [0.15, 0.2) is 0 Å². The summed E-state index contributed by atoms with van der Waals surface area (Å²) < 4.78 is 5.17. The first-order chi connectivity index (χ1) is 12.5. The average molecular weight is 351 g/mol. The molecule has 26 heavy (non-hydrogen) atoms. The highest BCUT2D eigenvalue weighted by Gasteiger charge is 2.43. The topological polar surface area (TPSA) is 86.5 Å². The predicted octanol–water partition coefficient (Wildman–Crippen LogP) is 2.47. The number of aliphatic hydroxyl groups is 1. The summed E-state index contributed by atoms with van der Waals surface area (Å²) in [6.07, 6.45) is 2.96. The summed E-state index contributed by atoms with van der Waals surface area (Å²) in [4.78, 5) is 18.7. The maximum Gasteiger partial charge on any atom is 0.272 e. The molecule has 0 aliphatic carbocycles. The molecule has 0 bridgehead atoms. The number of nitriles is 1. The highest BCUT2D eigenvalue weighted by molar-refractivity contribution is 5.93. The van der Waals surface area contributed by atoms with Gasteiger partial charge in [-0.2, -0.15) is 5.26 Å². The molecule has 2 heterocycles. The Morgan fingerprint density at radius 1 is 1.38 bits per heavy atom. The summed E-state index contributed by atoms with van der Waals surface area (Å²) >= 11 is 0. The molecule has 0 radical (unpaired) electrons. The largest absolute Gasteiger partial charge is 0.497 e. The Balaban J connectivity index is 1.88. The van der Waals surface area contributed by atoms with Gasteiger partial charge in [-0.1, -0.05) is 12.1 Å². The summed E-state index contributed by atoms with van der Waals surface area (Å²) in [5.74, 6) is 0.444. The van der Waals surface area contributed by atoms with Crippen LogP contribution in [0.2, 0.25) is 0 Å². The number of likely N-dealkylation sites (tertiary alicyclic amines) is 1. The molecule has 6 nitrogen and oxygen atoms in total. The van der Waals surface area contributed by atoms with E-state index in [2.05, 4.69) is 4.98 Å². The maximum absolute atomic E-state index is 12.9. The first kappa shape index (κ1) is 17.9. The molecule has 0 unspecified atom stereocenters. The number of amides is 1. The number of carbonyl (C=O) groups is 1. The van der Waals surface area contributed by atoms with Crippen LogP contribution in [0.1, 0.15) is 41.4 Å². The zero-order valence-electron chi connectivity index (χ0n) is 14.8. The molecule has 1 aliphatic heterocycles. The van der Waals surface area contributed by atoms with Gasteiger partial charge in [0.2, 0.25) is 0 Å². The molecule has 2 atom stereocenters. The molecule has 0 spiro atoms. The van der Waals surface area contributed by atoms with E-state index >= 15 is 0 Å². The quantitative estimate of drug-likeness (QED) is 0.914. The molecule has 0 saturated carbocycles. The van der Waals surface area contributed by atoms with Gasteiger partial charge in [0.05, 0.1) is 24.8 Å². The third-order valence-electron chi connectivity index (χ3n) is 4.95. The van der Waals surface area contributed by atoms with Crippen LogP contribution in [0.3, 0.4) is 0 Å². The van der Waals surface area contributed by atoms with Crippen molar-refractivity contribution >= 4 is 5.91 Å². The Morgan fingerprint density at radius 3 is 2.77 bits per heavy atom. The molecule has 1 saturated heterocycles. The molecule has 3 rings (SSSR count). The van der Waals surface area contributed by atoms with Crippen molar-refractivity contribution in [1.29, 1.82) is 5.26 Å². The number of carbonyl (C=O) groups excluding carboxylic acids is 1. The van der Waals surface area contributed by atoms with E-state index in [0.717, 1.165) is 12.0 Å². The highest BCUT2D eigenvalue weighted by atomic mass is 16.5. The molecular formula is C20H21N3O3. The van der Waals surface area contributed by atoms with Crippen molar-refractivity contribution in [2.24, 2.45) is 0 Å². The molecule has 1 aromatic carbocycles. The van der Waals surface area contributed by atoms with Gasteiger partial charge in [-0.25, -0.2) is 0 Å². The molecular weight excluding hydrogens is 330 g/mol. The minimum absolute atomic E-state index is 0.224. The van der Waals surface area contributed by atoms with E-state index in [1.165, 1.54) is 12.3 Å². The molecule has 1 aliphatic rings. The van der Waals surface area contributed by atoms with E-state index in [1.54, 1.807) is 37.1 Å². The second-order valence-corrected chi connectivity index (χ2v) is 6.57. The fourth-order valence-electron chi connectivity index (χ4n) is 3.48. The van der Waals surface area contributed by atoms with Crippen molar-refractivity contribution in [2.45, 2.75) is 31.4 Å². The Kier molecular flexibility index (Phi) is 4.92. The third kappa shape index (κ3) is 3.26. The summed E-state index contributed by atoms with van der Waals surface area (Å²) in [7, 11) is 1.59. The number of nitrogens with zero attached hydrogens (tertiary/aromatic N) is 3. The average Bonchev–Trinajstić information content (AvgIpc) is 3.18. The number of benzene rings is 1. The van der Waals surface area contributed by atoms with E-state index in [9.17, 15) is 9.90 Å². The van der Waals surface area contributed by atoms with Crippen LogP contribution in [-0.2, 0) is 5.60 Å². The highest BCUT2D eigenvalue weighted by Crippen LogP contribution is 2.36. The summed E-state index contributed by atoms with van der Waals surface area (Å²) in [5, 5.41) is 20.2. The van der Waals surface area contributed by atoms with Crippen molar-refractivity contribution in [3.8, 4) is 11.8 Å². The Hall–Kier alpha value is -2.91. The van der Waals surface area contributed by atoms with Crippen LogP contribution in [0.4, 0.5) is 0 Å². The fourth-order valence-corrected chi connectivity index (χ4v) is 3.48. The number of rotatable bonds is 4. The zero-order chi connectivity index (χ0) is 18.7. The van der Waals surface area contributed by atoms with Gasteiger partial charge in [0.1, 0.15) is 17.0 Å². The molecule has 1 aromatic heterocycles. The molecule has 6 heteroatoms. The normalized spacial score (nSPS) is 18.8. The second-order valence-electron chi connectivity index (χ2n) is 6.57. The van der Waals surface area contributed by atoms with E-state index < -0.39 is 5.60 Å². The zero-order valence-corrected chi connectivity index (χ0v) is 14.8. The maximum atomic E-state index is 12.9. The minimum Gasteiger partial charge on any atom is -0.497 e. The van der Waals surface area contributed by atoms with Crippen molar-refractivity contribution in [3.63, 3.8) is 0 Å². The van der Waals surface area contributed by atoms with Crippen LogP contribution in [-0.4, -0.2) is 40.6 Å². The third-order valence-corrected chi connectivity index (χ3v) is 4.95. The fraction of sp³-hybridized carbons (Fsp3) is 0.350. The lowest BCUT2D eigenvalue weighted by Crippen LogP contribution is -2.48. The molecule has 1 amide bonds. The number of methoxy groups -OCH3 is 1. The predicted molar refractivity (Wildman–Crippen MR) is 95.6 cm³/mol. The SMILES string of the molecule is COc1ccc([C@](C)(O)[C@H]2CCCN2C(=O)c2cc(C#N)ccn2)cc1. The van der Waals surface area contributed by atoms with E-state index in [4.69, 9.17) is 10.00 Å². The van der Waals surface area contributed by atoms with Crippen molar-refractivity contribution in [1.82, 2.24) is 9.88 Å². The van der Waals surface area contributed by atoms with Crippen LogP contribution < -0.4 is 4.74 Å². The molecule has 1 fully saturated rings. The van der Waals surface area contributed by atoms with Gasteiger partial charge in [0, 0.05) is 12.7 Å². The van der Waals surface area contributed by atoms with Gasteiger partial charge in [-0.3, -0.25) is 9.78 Å². The summed E-state index contributed by atoms with van der Waals surface area (Å²) in [6, 6.07) is 11.9. The number of hydrogen-bond acceptors (Lipinski definition) is 5. The first-order valence-corrected chi connectivity index (χ1v) is 8.51. The van der Waals surface area contributed by atoms with Gasteiger partial charge in [-0.05, 0) is 49.6 Å². The summed E-state index contributed by atoms with van der Waals surface area (Å²) in [6.45, 7) is 2.28. The van der Waals surface area contributed by atoms with Crippen molar-refractivity contribution in [3.05, 3.63) is 59.4 Å². The molecule has 2 aromatic rings. The lowest BCUT2D eigenvalue weighted by Gasteiger charge is -2.37. The van der Waals surface area contributed by atoms with Crippen LogP contribution >= 0.6 is 0 Å². The smallest absolute Gasteiger partial charge is 0.272 e.